The molecule has 1 aromatic carbocycles. The van der Waals surface area contributed by atoms with E-state index in [9.17, 15) is 19.1 Å². The highest BCUT2D eigenvalue weighted by Gasteiger charge is 2.16. The molecule has 1 aromatic rings. The molecule has 1 unspecified atom stereocenters. The van der Waals surface area contributed by atoms with Crippen molar-refractivity contribution in [2.75, 3.05) is 11.9 Å². The van der Waals surface area contributed by atoms with Crippen molar-refractivity contribution >= 4 is 29.1 Å². The second-order valence-electron chi connectivity index (χ2n) is 5.08. The minimum absolute atomic E-state index is 0.0145. The van der Waals surface area contributed by atoms with Crippen LogP contribution < -0.4 is 10.6 Å². The fourth-order valence-electron chi connectivity index (χ4n) is 1.68. The molecular weight excluding hydrogens is 299 g/mol. The number of carbonyl (C=O) groups is 2. The van der Waals surface area contributed by atoms with Crippen LogP contribution in [0, 0.1) is 11.7 Å². The van der Waals surface area contributed by atoms with Crippen molar-refractivity contribution < 1.29 is 19.1 Å². The van der Waals surface area contributed by atoms with Crippen LogP contribution in [0.4, 0.5) is 10.1 Å². The van der Waals surface area contributed by atoms with Crippen molar-refractivity contribution in [1.82, 2.24) is 5.32 Å². The van der Waals surface area contributed by atoms with Crippen molar-refractivity contribution in [2.24, 2.45) is 5.92 Å². The van der Waals surface area contributed by atoms with E-state index in [4.69, 9.17) is 11.6 Å². The third-order valence-electron chi connectivity index (χ3n) is 2.63. The Morgan fingerprint density at radius 3 is 2.57 bits per heavy atom. The van der Waals surface area contributed by atoms with Gasteiger partial charge in [-0.3, -0.25) is 9.59 Å². The highest BCUT2D eigenvalue weighted by molar-refractivity contribution is 6.39. The summed E-state index contributed by atoms with van der Waals surface area (Å²) < 4.78 is 13.2. The summed E-state index contributed by atoms with van der Waals surface area (Å²) in [5.74, 6) is -2.24. The van der Waals surface area contributed by atoms with Crippen molar-refractivity contribution in [2.45, 2.75) is 26.4 Å². The first-order chi connectivity index (χ1) is 9.79. The van der Waals surface area contributed by atoms with E-state index in [1.54, 1.807) is 0 Å². The van der Waals surface area contributed by atoms with Gasteiger partial charge in [0.15, 0.2) is 0 Å². The van der Waals surface area contributed by atoms with Gasteiger partial charge in [-0.2, -0.15) is 0 Å². The summed E-state index contributed by atoms with van der Waals surface area (Å²) in [7, 11) is 0. The van der Waals surface area contributed by atoms with Crippen molar-refractivity contribution in [3.05, 3.63) is 29.0 Å². The first-order valence-electron chi connectivity index (χ1n) is 6.52. The van der Waals surface area contributed by atoms with E-state index in [2.05, 4.69) is 10.6 Å². The Balaban J connectivity index is 2.47. The first-order valence-corrected chi connectivity index (χ1v) is 6.89. The average Bonchev–Trinajstić information content (AvgIpc) is 2.39. The van der Waals surface area contributed by atoms with Gasteiger partial charge in [0.25, 0.3) is 0 Å². The summed E-state index contributed by atoms with van der Waals surface area (Å²) in [6.45, 7) is 3.86. The lowest BCUT2D eigenvalue weighted by Crippen LogP contribution is -2.39. The standard InChI is InChI=1S/C14H18ClFN2O3/c1-8(2)5-10(19)7-17-13(20)14(21)18-9-3-4-11(15)12(16)6-9/h3-4,6,8,10,19H,5,7H2,1-2H3,(H,17,20)(H,18,21). The van der Waals surface area contributed by atoms with Gasteiger partial charge >= 0.3 is 11.8 Å². The highest BCUT2D eigenvalue weighted by Crippen LogP contribution is 2.18. The monoisotopic (exact) mass is 316 g/mol. The van der Waals surface area contributed by atoms with Gasteiger partial charge in [-0.1, -0.05) is 25.4 Å². The van der Waals surface area contributed by atoms with Gasteiger partial charge in [0.1, 0.15) is 5.82 Å². The maximum Gasteiger partial charge on any atom is 0.313 e. The van der Waals surface area contributed by atoms with Gasteiger partial charge in [-0.05, 0) is 30.5 Å². The predicted octanol–water partition coefficient (Wildman–Crippen LogP) is 1.94. The summed E-state index contributed by atoms with van der Waals surface area (Å²) in [6, 6.07) is 3.67. The Morgan fingerprint density at radius 2 is 2.00 bits per heavy atom. The number of rotatable bonds is 5. The fraction of sp³-hybridized carbons (Fsp3) is 0.429. The molecular formula is C14H18ClFN2O3. The number of carbonyl (C=O) groups excluding carboxylic acids is 2. The molecule has 0 aliphatic heterocycles. The lowest BCUT2D eigenvalue weighted by atomic mass is 10.1. The second kappa shape index (κ2) is 7.95. The number of halogens is 2. The molecule has 0 radical (unpaired) electrons. The molecule has 1 atom stereocenters. The molecule has 7 heteroatoms. The van der Waals surface area contributed by atoms with Crippen LogP contribution in [-0.4, -0.2) is 29.6 Å². The number of hydrogen-bond donors (Lipinski definition) is 3. The molecule has 5 nitrogen and oxygen atoms in total. The molecule has 0 aliphatic rings. The Hall–Kier alpha value is -1.66. The van der Waals surface area contributed by atoms with Crippen molar-refractivity contribution in [3.8, 4) is 0 Å². The van der Waals surface area contributed by atoms with Gasteiger partial charge in [-0.25, -0.2) is 4.39 Å². The van der Waals surface area contributed by atoms with E-state index < -0.39 is 23.7 Å². The van der Waals surface area contributed by atoms with Crippen molar-refractivity contribution in [1.29, 1.82) is 0 Å². The largest absolute Gasteiger partial charge is 0.391 e. The third-order valence-corrected chi connectivity index (χ3v) is 2.93. The van der Waals surface area contributed by atoms with E-state index in [-0.39, 0.29) is 23.2 Å². The minimum Gasteiger partial charge on any atom is -0.391 e. The normalized spacial score (nSPS) is 12.1. The van der Waals surface area contributed by atoms with Crippen LogP contribution in [0.15, 0.2) is 18.2 Å². The second-order valence-corrected chi connectivity index (χ2v) is 5.48. The van der Waals surface area contributed by atoms with Crippen LogP contribution in [0.5, 0.6) is 0 Å². The molecule has 0 aliphatic carbocycles. The van der Waals surface area contributed by atoms with Crippen LogP contribution in [0.25, 0.3) is 0 Å². The van der Waals surface area contributed by atoms with Gasteiger partial charge in [-0.15, -0.1) is 0 Å². The fourth-order valence-corrected chi connectivity index (χ4v) is 1.80. The van der Waals surface area contributed by atoms with E-state index in [0.717, 1.165) is 6.07 Å². The molecule has 116 valence electrons. The summed E-state index contributed by atoms with van der Waals surface area (Å²) in [5.41, 5.74) is 0.125. The molecule has 0 aromatic heterocycles. The molecule has 2 amide bonds. The highest BCUT2D eigenvalue weighted by atomic mass is 35.5. The maximum atomic E-state index is 13.2. The summed E-state index contributed by atoms with van der Waals surface area (Å²) in [4.78, 5) is 23.1. The maximum absolute atomic E-state index is 13.2. The predicted molar refractivity (Wildman–Crippen MR) is 78.5 cm³/mol. The number of hydrogen-bond acceptors (Lipinski definition) is 3. The third kappa shape index (κ3) is 6.10. The van der Waals surface area contributed by atoms with Gasteiger partial charge in [0, 0.05) is 12.2 Å². The number of amides is 2. The molecule has 0 bridgehead atoms. The first kappa shape index (κ1) is 17.4. The molecule has 0 fully saturated rings. The summed E-state index contributed by atoms with van der Waals surface area (Å²) in [6.07, 6.45) is -0.195. The van der Waals surface area contributed by atoms with Gasteiger partial charge in [0.05, 0.1) is 11.1 Å². The lowest BCUT2D eigenvalue weighted by Gasteiger charge is -2.13. The number of aliphatic hydroxyl groups is 1. The number of benzene rings is 1. The average molecular weight is 317 g/mol. The van der Waals surface area contributed by atoms with Gasteiger partial charge < -0.3 is 15.7 Å². The zero-order chi connectivity index (χ0) is 16.0. The van der Waals surface area contributed by atoms with E-state index in [1.807, 2.05) is 13.8 Å². The minimum atomic E-state index is -0.937. The molecule has 1 rings (SSSR count). The topological polar surface area (TPSA) is 78.4 Å². The van der Waals surface area contributed by atoms with Crippen LogP contribution in [0.1, 0.15) is 20.3 Å². The Kier molecular flexibility index (Phi) is 6.58. The van der Waals surface area contributed by atoms with E-state index in [1.165, 1.54) is 12.1 Å². The van der Waals surface area contributed by atoms with Crippen LogP contribution in [0.2, 0.25) is 5.02 Å². The smallest absolute Gasteiger partial charge is 0.313 e. The lowest BCUT2D eigenvalue weighted by molar-refractivity contribution is -0.136. The van der Waals surface area contributed by atoms with Crippen molar-refractivity contribution in [3.63, 3.8) is 0 Å². The number of nitrogens with one attached hydrogen (secondary N) is 2. The number of anilines is 1. The van der Waals surface area contributed by atoms with E-state index >= 15 is 0 Å². The van der Waals surface area contributed by atoms with Crippen LogP contribution in [0.3, 0.4) is 0 Å². The molecule has 0 spiro atoms. The van der Waals surface area contributed by atoms with Gasteiger partial charge in [0.2, 0.25) is 0 Å². The molecule has 0 saturated carbocycles. The molecule has 21 heavy (non-hydrogen) atoms. The zero-order valence-electron chi connectivity index (χ0n) is 11.8. The zero-order valence-corrected chi connectivity index (χ0v) is 12.6. The summed E-state index contributed by atoms with van der Waals surface area (Å²) in [5, 5.41) is 14.1. The van der Waals surface area contributed by atoms with E-state index in [0.29, 0.717) is 6.42 Å². The summed E-state index contributed by atoms with van der Waals surface area (Å²) >= 11 is 5.51. The SMILES string of the molecule is CC(C)CC(O)CNC(=O)C(=O)Nc1ccc(Cl)c(F)c1. The number of aliphatic hydroxyl groups excluding tert-OH is 1. The van der Waals surface area contributed by atoms with Crippen LogP contribution in [-0.2, 0) is 9.59 Å². The Labute approximate surface area is 127 Å². The van der Waals surface area contributed by atoms with Crippen LogP contribution >= 0.6 is 11.6 Å². The molecule has 3 N–H and O–H groups in total. The Morgan fingerprint density at radius 1 is 1.33 bits per heavy atom. The quantitative estimate of drug-likeness (QED) is 0.726. The molecule has 0 saturated heterocycles. The molecule has 0 heterocycles. The Bertz CT molecular complexity index is 523.